The number of hydrogen-bond donors (Lipinski definition) is 2. The molecule has 104 valence electrons. The molecule has 4 heteroatoms. The van der Waals surface area contributed by atoms with Crippen LogP contribution in [-0.2, 0) is 13.5 Å². The zero-order valence-electron chi connectivity index (χ0n) is 12.2. The molecule has 2 aromatic heterocycles. The Balaban J connectivity index is 2.10. The van der Waals surface area contributed by atoms with Gasteiger partial charge in [0.25, 0.3) is 0 Å². The summed E-state index contributed by atoms with van der Waals surface area (Å²) in [7, 11) is 4.00. The smallest absolute Gasteiger partial charge is 0.0976 e. The number of likely N-dealkylation sites (N-methyl/N-ethyl adjacent to an activating group) is 1. The summed E-state index contributed by atoms with van der Waals surface area (Å²) in [6.45, 7) is 3.13. The van der Waals surface area contributed by atoms with Gasteiger partial charge in [0.1, 0.15) is 0 Å². The molecule has 2 heterocycles. The lowest BCUT2D eigenvalue weighted by Gasteiger charge is -2.02. The first kappa shape index (κ1) is 12.9. The summed E-state index contributed by atoms with van der Waals surface area (Å²) in [5.74, 6) is 0. The molecule has 20 heavy (non-hydrogen) atoms. The first-order valence-electron chi connectivity index (χ1n) is 6.96. The van der Waals surface area contributed by atoms with Crippen molar-refractivity contribution in [1.29, 1.82) is 0 Å². The van der Waals surface area contributed by atoms with Gasteiger partial charge in [0.05, 0.1) is 5.69 Å². The van der Waals surface area contributed by atoms with Crippen molar-refractivity contribution in [1.82, 2.24) is 20.1 Å². The Morgan fingerprint density at radius 1 is 1.30 bits per heavy atom. The number of rotatable bonds is 4. The van der Waals surface area contributed by atoms with E-state index in [1.54, 1.807) is 0 Å². The van der Waals surface area contributed by atoms with Gasteiger partial charge in [-0.05, 0) is 25.6 Å². The predicted octanol–water partition coefficient (Wildman–Crippen LogP) is 2.64. The van der Waals surface area contributed by atoms with Crippen LogP contribution < -0.4 is 5.32 Å². The normalized spacial score (nSPS) is 11.3. The van der Waals surface area contributed by atoms with Crippen LogP contribution in [0.1, 0.15) is 11.3 Å². The molecule has 3 aromatic rings. The number of aryl methyl sites for hydroxylation is 1. The quantitative estimate of drug-likeness (QED) is 0.764. The van der Waals surface area contributed by atoms with E-state index < -0.39 is 0 Å². The third-order valence-electron chi connectivity index (χ3n) is 3.88. The van der Waals surface area contributed by atoms with Crippen molar-refractivity contribution in [2.75, 3.05) is 13.6 Å². The topological polar surface area (TPSA) is 45.6 Å². The minimum Gasteiger partial charge on any atom is -0.360 e. The van der Waals surface area contributed by atoms with E-state index in [2.05, 4.69) is 41.6 Å². The summed E-state index contributed by atoms with van der Waals surface area (Å²) in [6, 6.07) is 8.35. The van der Waals surface area contributed by atoms with Crippen molar-refractivity contribution in [3.63, 3.8) is 0 Å². The van der Waals surface area contributed by atoms with E-state index in [4.69, 9.17) is 5.10 Å². The van der Waals surface area contributed by atoms with Gasteiger partial charge in [0, 0.05) is 48.4 Å². The molecule has 0 fully saturated rings. The summed E-state index contributed by atoms with van der Waals surface area (Å²) >= 11 is 0. The van der Waals surface area contributed by atoms with Gasteiger partial charge >= 0.3 is 0 Å². The monoisotopic (exact) mass is 268 g/mol. The zero-order chi connectivity index (χ0) is 14.1. The van der Waals surface area contributed by atoms with Crippen LogP contribution in [0.5, 0.6) is 0 Å². The fraction of sp³-hybridized carbons (Fsp3) is 0.312. The number of fused-ring (bicyclic) bond motifs is 1. The molecule has 0 radical (unpaired) electrons. The van der Waals surface area contributed by atoms with Crippen LogP contribution in [0.2, 0.25) is 0 Å². The fourth-order valence-electron chi connectivity index (χ4n) is 2.78. The van der Waals surface area contributed by atoms with Crippen molar-refractivity contribution in [2.45, 2.75) is 13.3 Å². The van der Waals surface area contributed by atoms with E-state index in [0.29, 0.717) is 0 Å². The van der Waals surface area contributed by atoms with E-state index in [0.717, 1.165) is 24.2 Å². The van der Waals surface area contributed by atoms with E-state index in [1.807, 2.05) is 24.8 Å². The molecule has 0 saturated carbocycles. The second kappa shape index (κ2) is 5.13. The summed E-state index contributed by atoms with van der Waals surface area (Å²) in [6.07, 6.45) is 3.05. The van der Waals surface area contributed by atoms with Crippen molar-refractivity contribution in [3.8, 4) is 11.3 Å². The number of nitrogens with zero attached hydrogens (tertiary/aromatic N) is 2. The van der Waals surface area contributed by atoms with Crippen LogP contribution in [0.25, 0.3) is 22.2 Å². The van der Waals surface area contributed by atoms with Crippen molar-refractivity contribution < 1.29 is 0 Å². The first-order valence-corrected chi connectivity index (χ1v) is 6.96. The Morgan fingerprint density at radius 3 is 2.90 bits per heavy atom. The number of benzene rings is 1. The second-order valence-corrected chi connectivity index (χ2v) is 5.15. The minimum absolute atomic E-state index is 0.966. The number of aromatic amines is 1. The lowest BCUT2D eigenvalue weighted by atomic mass is 10.0. The number of hydrogen-bond acceptors (Lipinski definition) is 2. The maximum absolute atomic E-state index is 4.72. The molecule has 0 saturated heterocycles. The molecule has 0 amide bonds. The number of aromatic nitrogens is 3. The lowest BCUT2D eigenvalue weighted by molar-refractivity contribution is 0.680. The second-order valence-electron chi connectivity index (χ2n) is 5.15. The highest BCUT2D eigenvalue weighted by molar-refractivity contribution is 5.95. The third kappa shape index (κ3) is 2.02. The Bertz CT molecular complexity index is 736. The molecule has 0 atom stereocenters. The zero-order valence-corrected chi connectivity index (χ0v) is 12.2. The molecular formula is C16H20N4. The third-order valence-corrected chi connectivity index (χ3v) is 3.88. The summed E-state index contributed by atoms with van der Waals surface area (Å²) in [5, 5.41) is 9.15. The van der Waals surface area contributed by atoms with Crippen LogP contribution in [-0.4, -0.2) is 28.4 Å². The molecule has 0 aliphatic carbocycles. The standard InChI is InChI=1S/C16H20N4/c1-11-15(8-9-17-2)20(3)19-16(11)13-10-18-14-7-5-4-6-12(13)14/h4-7,10,17-18H,8-9H2,1-3H3. The summed E-state index contributed by atoms with van der Waals surface area (Å²) in [5.41, 5.74) is 5.98. The van der Waals surface area contributed by atoms with Crippen LogP contribution in [0, 0.1) is 6.92 Å². The Morgan fingerprint density at radius 2 is 2.10 bits per heavy atom. The summed E-state index contributed by atoms with van der Waals surface area (Å²) in [4.78, 5) is 3.32. The number of H-pyrrole nitrogens is 1. The predicted molar refractivity (Wildman–Crippen MR) is 82.9 cm³/mol. The molecule has 0 aliphatic rings. The van der Waals surface area contributed by atoms with Crippen LogP contribution in [0.3, 0.4) is 0 Å². The Hall–Kier alpha value is -2.07. The van der Waals surface area contributed by atoms with Gasteiger partial charge in [-0.15, -0.1) is 0 Å². The van der Waals surface area contributed by atoms with E-state index >= 15 is 0 Å². The average Bonchev–Trinajstić information content (AvgIpc) is 2.99. The van der Waals surface area contributed by atoms with Crippen molar-refractivity contribution in [2.24, 2.45) is 7.05 Å². The average molecular weight is 268 g/mol. The highest BCUT2D eigenvalue weighted by Gasteiger charge is 2.16. The van der Waals surface area contributed by atoms with Gasteiger partial charge in [-0.25, -0.2) is 0 Å². The Kier molecular flexibility index (Phi) is 3.32. The lowest BCUT2D eigenvalue weighted by Crippen LogP contribution is -2.13. The van der Waals surface area contributed by atoms with Crippen LogP contribution in [0.15, 0.2) is 30.5 Å². The SMILES string of the molecule is CNCCc1c(C)c(-c2c[nH]c3ccccc23)nn1C. The molecule has 3 rings (SSSR count). The van der Waals surface area contributed by atoms with E-state index in [9.17, 15) is 0 Å². The molecule has 1 aromatic carbocycles. The molecule has 0 spiro atoms. The van der Waals surface area contributed by atoms with Gasteiger partial charge in [-0.3, -0.25) is 4.68 Å². The van der Waals surface area contributed by atoms with Crippen molar-refractivity contribution >= 4 is 10.9 Å². The highest BCUT2D eigenvalue weighted by Crippen LogP contribution is 2.31. The van der Waals surface area contributed by atoms with Gasteiger partial charge in [-0.2, -0.15) is 5.10 Å². The number of para-hydroxylation sites is 1. The molecule has 2 N–H and O–H groups in total. The summed E-state index contributed by atoms with van der Waals surface area (Å²) < 4.78 is 2.00. The molecule has 0 bridgehead atoms. The molecular weight excluding hydrogens is 248 g/mol. The minimum atomic E-state index is 0.966. The first-order chi connectivity index (χ1) is 9.72. The molecule has 4 nitrogen and oxygen atoms in total. The van der Waals surface area contributed by atoms with Gasteiger partial charge in [-0.1, -0.05) is 18.2 Å². The Labute approximate surface area is 118 Å². The van der Waals surface area contributed by atoms with E-state index in [-0.39, 0.29) is 0 Å². The van der Waals surface area contributed by atoms with Gasteiger partial charge in [0.15, 0.2) is 0 Å². The maximum Gasteiger partial charge on any atom is 0.0976 e. The van der Waals surface area contributed by atoms with Crippen LogP contribution in [0.4, 0.5) is 0 Å². The van der Waals surface area contributed by atoms with Crippen LogP contribution >= 0.6 is 0 Å². The largest absolute Gasteiger partial charge is 0.360 e. The van der Waals surface area contributed by atoms with Crippen molar-refractivity contribution in [3.05, 3.63) is 41.7 Å². The highest BCUT2D eigenvalue weighted by atomic mass is 15.3. The van der Waals surface area contributed by atoms with E-state index in [1.165, 1.54) is 22.2 Å². The van der Waals surface area contributed by atoms with Gasteiger partial charge in [0.2, 0.25) is 0 Å². The van der Waals surface area contributed by atoms with Gasteiger partial charge < -0.3 is 10.3 Å². The number of nitrogens with one attached hydrogen (secondary N) is 2. The molecule has 0 unspecified atom stereocenters. The molecule has 0 aliphatic heterocycles. The maximum atomic E-state index is 4.72. The fourth-order valence-corrected chi connectivity index (χ4v) is 2.78.